The van der Waals surface area contributed by atoms with Gasteiger partial charge in [0.25, 0.3) is 0 Å². The van der Waals surface area contributed by atoms with Crippen molar-refractivity contribution in [1.29, 1.82) is 0 Å². The zero-order chi connectivity index (χ0) is 10.1. The summed E-state index contributed by atoms with van der Waals surface area (Å²) in [5.41, 5.74) is 8.95. The van der Waals surface area contributed by atoms with E-state index >= 15 is 0 Å². The van der Waals surface area contributed by atoms with Gasteiger partial charge in [-0.15, -0.1) is 0 Å². The van der Waals surface area contributed by atoms with Gasteiger partial charge in [0.1, 0.15) is 0 Å². The molecule has 72 valence electrons. The van der Waals surface area contributed by atoms with E-state index in [-0.39, 0.29) is 5.84 Å². The quantitative estimate of drug-likeness (QED) is 0.271. The van der Waals surface area contributed by atoms with Gasteiger partial charge in [-0.2, -0.15) is 0 Å². The number of aryl methyl sites for hydroxylation is 1. The van der Waals surface area contributed by atoms with Crippen molar-refractivity contribution in [3.8, 4) is 0 Å². The third-order valence-electron chi connectivity index (χ3n) is 2.13. The van der Waals surface area contributed by atoms with Crippen LogP contribution in [-0.4, -0.2) is 21.0 Å². The maximum Gasteiger partial charge on any atom is 0.170 e. The first kappa shape index (κ1) is 8.55. The summed E-state index contributed by atoms with van der Waals surface area (Å²) in [6, 6.07) is 3.61. The largest absolute Gasteiger partial charge is 0.409 e. The van der Waals surface area contributed by atoms with E-state index in [0.717, 1.165) is 16.6 Å². The molecule has 2 rings (SSSR count). The van der Waals surface area contributed by atoms with Gasteiger partial charge in [-0.1, -0.05) is 5.16 Å². The summed E-state index contributed by atoms with van der Waals surface area (Å²) < 4.78 is 0. The average Bonchev–Trinajstić information content (AvgIpc) is 2.64. The number of benzene rings is 1. The predicted octanol–water partition coefficient (Wildman–Crippen LogP) is 0.966. The van der Waals surface area contributed by atoms with E-state index in [1.54, 1.807) is 12.4 Å². The number of H-pyrrole nitrogens is 1. The van der Waals surface area contributed by atoms with Crippen LogP contribution in [0.15, 0.2) is 23.6 Å². The fourth-order valence-electron chi connectivity index (χ4n) is 1.43. The van der Waals surface area contributed by atoms with Crippen LogP contribution in [0.2, 0.25) is 0 Å². The number of nitrogens with two attached hydrogens (primary N) is 1. The first-order valence-electron chi connectivity index (χ1n) is 4.14. The van der Waals surface area contributed by atoms with Crippen molar-refractivity contribution in [2.45, 2.75) is 6.92 Å². The highest BCUT2D eigenvalue weighted by Gasteiger charge is 2.05. The van der Waals surface area contributed by atoms with Crippen molar-refractivity contribution in [2.24, 2.45) is 10.9 Å². The van der Waals surface area contributed by atoms with Gasteiger partial charge in [0.2, 0.25) is 0 Å². The number of nitrogens with zero attached hydrogens (tertiary/aromatic N) is 2. The van der Waals surface area contributed by atoms with Crippen molar-refractivity contribution in [3.63, 3.8) is 0 Å². The number of nitrogens with one attached hydrogen (secondary N) is 1. The summed E-state index contributed by atoms with van der Waals surface area (Å²) in [7, 11) is 0. The van der Waals surface area contributed by atoms with Crippen LogP contribution in [0.4, 0.5) is 0 Å². The first-order chi connectivity index (χ1) is 6.72. The minimum absolute atomic E-state index is 0.0954. The van der Waals surface area contributed by atoms with Crippen molar-refractivity contribution >= 4 is 16.9 Å². The molecule has 0 amide bonds. The van der Waals surface area contributed by atoms with Crippen LogP contribution in [0.25, 0.3) is 11.0 Å². The Balaban J connectivity index is 2.70. The standard InChI is InChI=1S/C9H10N4O/c1-5-2-6(9(10)13-14)3-7-8(5)12-4-11-7/h2-4,14H,1H3,(H2,10,13)(H,11,12). The first-order valence-corrected chi connectivity index (χ1v) is 4.14. The number of rotatable bonds is 1. The van der Waals surface area contributed by atoms with Crippen LogP contribution < -0.4 is 5.73 Å². The lowest BCUT2D eigenvalue weighted by Gasteiger charge is -2.01. The molecule has 0 aliphatic carbocycles. The Labute approximate surface area is 80.3 Å². The molecule has 1 heterocycles. The maximum atomic E-state index is 8.54. The second kappa shape index (κ2) is 3.02. The number of hydrogen-bond donors (Lipinski definition) is 3. The second-order valence-electron chi connectivity index (χ2n) is 3.08. The summed E-state index contributed by atoms with van der Waals surface area (Å²) in [5.74, 6) is 0.0954. The Hall–Kier alpha value is -2.04. The fourth-order valence-corrected chi connectivity index (χ4v) is 1.43. The van der Waals surface area contributed by atoms with E-state index in [9.17, 15) is 0 Å². The number of oxime groups is 1. The molecule has 0 radical (unpaired) electrons. The minimum atomic E-state index is 0.0954. The Morgan fingerprint density at radius 2 is 2.36 bits per heavy atom. The predicted molar refractivity (Wildman–Crippen MR) is 53.3 cm³/mol. The molecular formula is C9H10N4O. The number of aromatic amines is 1. The fraction of sp³-hybridized carbons (Fsp3) is 0.111. The van der Waals surface area contributed by atoms with Crippen LogP contribution in [0.1, 0.15) is 11.1 Å². The molecule has 0 fully saturated rings. The molecule has 0 saturated carbocycles. The van der Waals surface area contributed by atoms with Gasteiger partial charge < -0.3 is 15.9 Å². The van der Waals surface area contributed by atoms with E-state index in [2.05, 4.69) is 15.1 Å². The Kier molecular flexibility index (Phi) is 1.85. The average molecular weight is 190 g/mol. The highest BCUT2D eigenvalue weighted by Crippen LogP contribution is 2.16. The molecule has 4 N–H and O–H groups in total. The summed E-state index contributed by atoms with van der Waals surface area (Å²) in [6.07, 6.45) is 1.62. The molecule has 0 bridgehead atoms. The number of fused-ring (bicyclic) bond motifs is 1. The molecule has 5 heteroatoms. The molecule has 0 aliphatic heterocycles. The summed E-state index contributed by atoms with van der Waals surface area (Å²) in [4.78, 5) is 7.13. The SMILES string of the molecule is Cc1cc(/C(N)=N/O)cc2nc[nH]c12. The molecule has 0 atom stereocenters. The van der Waals surface area contributed by atoms with Crippen molar-refractivity contribution in [2.75, 3.05) is 0 Å². The molecule has 0 aliphatic rings. The van der Waals surface area contributed by atoms with Gasteiger partial charge in [0.15, 0.2) is 5.84 Å². The van der Waals surface area contributed by atoms with E-state index in [1.807, 2.05) is 13.0 Å². The van der Waals surface area contributed by atoms with Crippen LogP contribution in [-0.2, 0) is 0 Å². The Morgan fingerprint density at radius 1 is 1.57 bits per heavy atom. The minimum Gasteiger partial charge on any atom is -0.409 e. The summed E-state index contributed by atoms with van der Waals surface area (Å²) in [5, 5.41) is 11.5. The van der Waals surface area contributed by atoms with E-state index in [1.165, 1.54) is 0 Å². The van der Waals surface area contributed by atoms with Gasteiger partial charge in [-0.05, 0) is 24.6 Å². The van der Waals surface area contributed by atoms with Crippen LogP contribution >= 0.6 is 0 Å². The third-order valence-corrected chi connectivity index (χ3v) is 2.13. The van der Waals surface area contributed by atoms with Crippen molar-refractivity contribution in [3.05, 3.63) is 29.6 Å². The zero-order valence-electron chi connectivity index (χ0n) is 7.65. The second-order valence-corrected chi connectivity index (χ2v) is 3.08. The molecule has 1 aromatic heterocycles. The Bertz CT molecular complexity index is 500. The number of hydrogen-bond acceptors (Lipinski definition) is 3. The molecule has 14 heavy (non-hydrogen) atoms. The summed E-state index contributed by atoms with van der Waals surface area (Å²) in [6.45, 7) is 1.94. The molecule has 5 nitrogen and oxygen atoms in total. The molecule has 2 aromatic rings. The van der Waals surface area contributed by atoms with Gasteiger partial charge in [-0.3, -0.25) is 0 Å². The van der Waals surface area contributed by atoms with Gasteiger partial charge in [-0.25, -0.2) is 4.98 Å². The van der Waals surface area contributed by atoms with Crippen molar-refractivity contribution < 1.29 is 5.21 Å². The monoisotopic (exact) mass is 190 g/mol. The highest BCUT2D eigenvalue weighted by molar-refractivity contribution is 6.00. The maximum absolute atomic E-state index is 8.54. The number of aromatic nitrogens is 2. The molecular weight excluding hydrogens is 180 g/mol. The molecule has 1 aromatic carbocycles. The van der Waals surface area contributed by atoms with Gasteiger partial charge >= 0.3 is 0 Å². The lowest BCUT2D eigenvalue weighted by Crippen LogP contribution is -2.13. The number of amidine groups is 1. The topological polar surface area (TPSA) is 87.3 Å². The van der Waals surface area contributed by atoms with Gasteiger partial charge in [0, 0.05) is 5.56 Å². The number of imidazole rings is 1. The van der Waals surface area contributed by atoms with Crippen molar-refractivity contribution in [1.82, 2.24) is 9.97 Å². The smallest absolute Gasteiger partial charge is 0.170 e. The molecule has 0 saturated heterocycles. The van der Waals surface area contributed by atoms with E-state index in [4.69, 9.17) is 10.9 Å². The highest BCUT2D eigenvalue weighted by atomic mass is 16.4. The van der Waals surface area contributed by atoms with Crippen LogP contribution in [0.5, 0.6) is 0 Å². The normalized spacial score (nSPS) is 12.2. The zero-order valence-corrected chi connectivity index (χ0v) is 7.65. The lowest BCUT2D eigenvalue weighted by molar-refractivity contribution is 0.318. The van der Waals surface area contributed by atoms with Gasteiger partial charge in [0.05, 0.1) is 17.4 Å². The van der Waals surface area contributed by atoms with E-state index in [0.29, 0.717) is 5.56 Å². The summed E-state index contributed by atoms with van der Waals surface area (Å²) >= 11 is 0. The molecule has 0 unspecified atom stereocenters. The van der Waals surface area contributed by atoms with Crippen LogP contribution in [0.3, 0.4) is 0 Å². The van der Waals surface area contributed by atoms with E-state index < -0.39 is 0 Å². The third kappa shape index (κ3) is 1.19. The van der Waals surface area contributed by atoms with Crippen LogP contribution in [0, 0.1) is 6.92 Å². The Morgan fingerprint density at radius 3 is 3.07 bits per heavy atom. The lowest BCUT2D eigenvalue weighted by atomic mass is 10.1. The molecule has 0 spiro atoms.